The molecule has 0 heterocycles. The fourth-order valence-electron chi connectivity index (χ4n) is 2.58. The molecule has 0 bridgehead atoms. The molecule has 0 atom stereocenters. The highest BCUT2D eigenvalue weighted by atomic mass is 35.5. The summed E-state index contributed by atoms with van der Waals surface area (Å²) in [6.07, 6.45) is -1.21. The normalized spacial score (nSPS) is 10.1. The molecule has 0 unspecified atom stereocenters. The van der Waals surface area contributed by atoms with Gasteiger partial charge in [0.05, 0.1) is 16.3 Å². The highest BCUT2D eigenvalue weighted by Gasteiger charge is 2.11. The number of carboxylic acid groups (broad SMARTS) is 1. The molecule has 0 fully saturated rings. The number of hydrogen-bond donors (Lipinski definition) is 5. The zero-order chi connectivity index (χ0) is 22.4. The van der Waals surface area contributed by atoms with Crippen LogP contribution in [0.25, 0.3) is 0 Å². The molecule has 0 aliphatic rings. The van der Waals surface area contributed by atoms with Crippen molar-refractivity contribution in [1.82, 2.24) is 0 Å². The van der Waals surface area contributed by atoms with Crippen molar-refractivity contribution in [1.29, 1.82) is 0 Å². The first-order chi connectivity index (χ1) is 14.8. The van der Waals surface area contributed by atoms with Gasteiger partial charge in [0.15, 0.2) is 5.11 Å². The average Bonchev–Trinajstić information content (AvgIpc) is 2.71. The van der Waals surface area contributed by atoms with Crippen molar-refractivity contribution in [3.8, 4) is 0 Å². The number of hydrogen-bond acceptors (Lipinski definition) is 3. The first-order valence-electron chi connectivity index (χ1n) is 8.85. The van der Waals surface area contributed by atoms with Gasteiger partial charge < -0.3 is 21.1 Å². The fraction of sp³-hybridized carbons (Fsp3) is 0. The van der Waals surface area contributed by atoms with Crippen molar-refractivity contribution < 1.29 is 19.1 Å². The summed E-state index contributed by atoms with van der Waals surface area (Å²) in [6.45, 7) is 0. The Balaban J connectivity index is 1.57. The molecule has 7 nitrogen and oxygen atoms in total. The van der Waals surface area contributed by atoms with Crippen LogP contribution in [0.15, 0.2) is 66.7 Å². The standard InChI is InChI=1S/C21H16ClFN4O3S/c22-16-11-14(9-10-18(16)27-21(29)30)26-20(31)25-13-7-5-12(6-8-13)24-19(28)15-3-1-2-4-17(15)23/h1-11,27H,(H,24,28)(H,29,30)(H2,25,26,31). The van der Waals surface area contributed by atoms with Gasteiger partial charge in [-0.15, -0.1) is 0 Å². The molecule has 5 N–H and O–H groups in total. The van der Waals surface area contributed by atoms with Crippen molar-refractivity contribution in [2.24, 2.45) is 0 Å². The molecule has 3 aromatic rings. The fourth-order valence-corrected chi connectivity index (χ4v) is 3.05. The van der Waals surface area contributed by atoms with Gasteiger partial charge in [0.1, 0.15) is 5.82 Å². The molecule has 3 rings (SSSR count). The summed E-state index contributed by atoms with van der Waals surface area (Å²) < 4.78 is 13.7. The number of anilines is 4. The van der Waals surface area contributed by atoms with E-state index in [2.05, 4.69) is 21.3 Å². The lowest BCUT2D eigenvalue weighted by atomic mass is 10.2. The van der Waals surface area contributed by atoms with Crippen molar-refractivity contribution >= 4 is 63.7 Å². The predicted molar refractivity (Wildman–Crippen MR) is 124 cm³/mol. The molecule has 3 aromatic carbocycles. The van der Waals surface area contributed by atoms with Crippen LogP contribution in [0.4, 0.5) is 31.9 Å². The maximum absolute atomic E-state index is 13.7. The Morgan fingerprint density at radius 3 is 2.03 bits per heavy atom. The Morgan fingerprint density at radius 2 is 1.42 bits per heavy atom. The quantitative estimate of drug-likeness (QED) is 0.317. The van der Waals surface area contributed by atoms with Crippen LogP contribution in [0.3, 0.4) is 0 Å². The number of thiocarbonyl (C=S) groups is 1. The first kappa shape index (κ1) is 22.0. The van der Waals surface area contributed by atoms with Crippen molar-refractivity contribution in [3.63, 3.8) is 0 Å². The van der Waals surface area contributed by atoms with E-state index < -0.39 is 17.8 Å². The Labute approximate surface area is 187 Å². The zero-order valence-corrected chi connectivity index (χ0v) is 17.4. The van der Waals surface area contributed by atoms with E-state index in [1.54, 1.807) is 36.4 Å². The number of carbonyl (C=O) groups excluding carboxylic acids is 1. The van der Waals surface area contributed by atoms with Gasteiger partial charge in [0.2, 0.25) is 0 Å². The van der Waals surface area contributed by atoms with Gasteiger partial charge in [-0.3, -0.25) is 10.1 Å². The molecule has 0 saturated heterocycles. The topological polar surface area (TPSA) is 102 Å². The summed E-state index contributed by atoms with van der Waals surface area (Å²) in [7, 11) is 0. The van der Waals surface area contributed by atoms with Gasteiger partial charge in [-0.1, -0.05) is 23.7 Å². The number of halogens is 2. The van der Waals surface area contributed by atoms with Crippen LogP contribution in [0.1, 0.15) is 10.4 Å². The second-order valence-corrected chi connectivity index (χ2v) is 7.03. The highest BCUT2D eigenvalue weighted by Crippen LogP contribution is 2.25. The van der Waals surface area contributed by atoms with Crippen LogP contribution in [0, 0.1) is 5.82 Å². The third-order valence-corrected chi connectivity index (χ3v) is 4.50. The van der Waals surface area contributed by atoms with E-state index in [1.165, 1.54) is 30.3 Å². The second-order valence-electron chi connectivity index (χ2n) is 6.22. The van der Waals surface area contributed by atoms with E-state index in [0.29, 0.717) is 17.1 Å². The van der Waals surface area contributed by atoms with Gasteiger partial charge in [-0.2, -0.15) is 0 Å². The van der Waals surface area contributed by atoms with E-state index in [-0.39, 0.29) is 21.4 Å². The van der Waals surface area contributed by atoms with Crippen LogP contribution in [0.5, 0.6) is 0 Å². The Morgan fingerprint density at radius 1 is 0.839 bits per heavy atom. The summed E-state index contributed by atoms with van der Waals surface area (Å²) in [5.41, 5.74) is 1.92. The van der Waals surface area contributed by atoms with Gasteiger partial charge in [0.25, 0.3) is 5.91 Å². The summed E-state index contributed by atoms with van der Waals surface area (Å²) in [6, 6.07) is 17.1. The minimum absolute atomic E-state index is 0.0432. The van der Waals surface area contributed by atoms with Gasteiger partial charge in [0, 0.05) is 17.1 Å². The van der Waals surface area contributed by atoms with Crippen LogP contribution < -0.4 is 21.3 Å². The smallest absolute Gasteiger partial charge is 0.409 e. The van der Waals surface area contributed by atoms with E-state index >= 15 is 0 Å². The van der Waals surface area contributed by atoms with Crippen LogP contribution in [0.2, 0.25) is 5.02 Å². The monoisotopic (exact) mass is 458 g/mol. The molecule has 0 radical (unpaired) electrons. The van der Waals surface area contributed by atoms with Crippen LogP contribution >= 0.6 is 23.8 Å². The summed E-state index contributed by atoms with van der Waals surface area (Å²) >= 11 is 11.3. The van der Waals surface area contributed by atoms with Gasteiger partial charge in [-0.05, 0) is 66.8 Å². The number of carbonyl (C=O) groups is 2. The average molecular weight is 459 g/mol. The van der Waals surface area contributed by atoms with E-state index in [4.69, 9.17) is 28.9 Å². The molecular formula is C21H16ClFN4O3S. The Bertz CT molecular complexity index is 1140. The van der Waals surface area contributed by atoms with E-state index in [0.717, 1.165) is 0 Å². The number of benzene rings is 3. The molecule has 0 aliphatic heterocycles. The molecular weight excluding hydrogens is 443 g/mol. The lowest BCUT2D eigenvalue weighted by Crippen LogP contribution is -2.19. The number of amides is 2. The number of rotatable bonds is 5. The van der Waals surface area contributed by atoms with Crippen molar-refractivity contribution in [2.45, 2.75) is 0 Å². The highest BCUT2D eigenvalue weighted by molar-refractivity contribution is 7.80. The van der Waals surface area contributed by atoms with E-state index in [9.17, 15) is 14.0 Å². The van der Waals surface area contributed by atoms with Crippen molar-refractivity contribution in [2.75, 3.05) is 21.3 Å². The SMILES string of the molecule is O=C(O)Nc1ccc(NC(=S)Nc2ccc(NC(=O)c3ccccc3F)cc2)cc1Cl. The molecule has 158 valence electrons. The maximum Gasteiger partial charge on any atom is 0.409 e. The lowest BCUT2D eigenvalue weighted by Gasteiger charge is -2.13. The minimum atomic E-state index is -1.21. The molecule has 0 aromatic heterocycles. The summed E-state index contributed by atoms with van der Waals surface area (Å²) in [5.74, 6) is -1.14. The summed E-state index contributed by atoms with van der Waals surface area (Å²) in [5, 5.41) is 20.0. The lowest BCUT2D eigenvalue weighted by molar-refractivity contribution is 0.102. The predicted octanol–water partition coefficient (Wildman–Crippen LogP) is 5.63. The van der Waals surface area contributed by atoms with Crippen LogP contribution in [-0.4, -0.2) is 22.2 Å². The summed E-state index contributed by atoms with van der Waals surface area (Å²) in [4.78, 5) is 22.9. The molecule has 31 heavy (non-hydrogen) atoms. The first-order valence-corrected chi connectivity index (χ1v) is 9.64. The molecule has 10 heteroatoms. The number of nitrogens with one attached hydrogen (secondary N) is 4. The maximum atomic E-state index is 13.7. The zero-order valence-electron chi connectivity index (χ0n) is 15.8. The third-order valence-electron chi connectivity index (χ3n) is 3.99. The molecule has 0 spiro atoms. The van der Waals surface area contributed by atoms with Gasteiger partial charge >= 0.3 is 6.09 Å². The van der Waals surface area contributed by atoms with Gasteiger partial charge in [-0.25, -0.2) is 9.18 Å². The Hall–Kier alpha value is -3.69. The minimum Gasteiger partial charge on any atom is -0.465 e. The molecule has 2 amide bonds. The third kappa shape index (κ3) is 6.14. The van der Waals surface area contributed by atoms with E-state index in [1.807, 2.05) is 0 Å². The van der Waals surface area contributed by atoms with Crippen molar-refractivity contribution in [3.05, 3.63) is 83.1 Å². The molecule has 0 aliphatic carbocycles. The second kappa shape index (κ2) is 9.88. The van der Waals surface area contributed by atoms with Crippen LogP contribution in [-0.2, 0) is 0 Å². The molecule has 0 saturated carbocycles. The Kier molecular flexibility index (Phi) is 7.01. The largest absolute Gasteiger partial charge is 0.465 e.